The van der Waals surface area contributed by atoms with Crippen LogP contribution in [-0.2, 0) is 9.59 Å². The predicted molar refractivity (Wildman–Crippen MR) is 64.5 cm³/mol. The van der Waals surface area contributed by atoms with Crippen LogP contribution in [0.2, 0.25) is 0 Å². The zero-order chi connectivity index (χ0) is 12.4. The first-order valence-electron chi connectivity index (χ1n) is 6.38. The van der Waals surface area contributed by atoms with Gasteiger partial charge >= 0.3 is 0 Å². The molecular weight excluding hydrogens is 218 g/mol. The Labute approximate surface area is 102 Å². The summed E-state index contributed by atoms with van der Waals surface area (Å²) in [6.07, 6.45) is 1.49. The molecule has 5 nitrogen and oxygen atoms in total. The molecule has 0 bridgehead atoms. The molecule has 0 radical (unpaired) electrons. The fraction of sp³-hybridized carbons (Fsp3) is 0.833. The van der Waals surface area contributed by atoms with Gasteiger partial charge in [-0.2, -0.15) is 0 Å². The summed E-state index contributed by atoms with van der Waals surface area (Å²) in [7, 11) is 0. The zero-order valence-corrected chi connectivity index (χ0v) is 10.6. The Hall–Kier alpha value is -1.10. The molecule has 0 aromatic rings. The molecule has 0 aliphatic carbocycles. The number of rotatable bonds is 2. The van der Waals surface area contributed by atoms with Crippen molar-refractivity contribution in [2.75, 3.05) is 26.2 Å². The number of hydrogen-bond donors (Lipinski definition) is 1. The summed E-state index contributed by atoms with van der Waals surface area (Å²) in [6, 6.07) is 0.661. The number of nitrogens with one attached hydrogen (secondary N) is 1. The molecule has 0 unspecified atom stereocenters. The average molecular weight is 239 g/mol. The monoisotopic (exact) mass is 239 g/mol. The van der Waals surface area contributed by atoms with E-state index in [0.29, 0.717) is 18.5 Å². The number of hydrogen-bond acceptors (Lipinski definition) is 3. The molecule has 2 fully saturated rings. The Morgan fingerprint density at radius 2 is 2.00 bits per heavy atom. The molecule has 2 amide bonds. The van der Waals surface area contributed by atoms with Crippen molar-refractivity contribution < 1.29 is 9.59 Å². The SMILES string of the molecule is C[C@@H]1CN(C(=O)CN2CCCC2=O)C[C@@H](C)N1. The van der Waals surface area contributed by atoms with Gasteiger partial charge in [0, 0.05) is 38.1 Å². The highest BCUT2D eigenvalue weighted by molar-refractivity contribution is 5.86. The molecule has 2 rings (SSSR count). The van der Waals surface area contributed by atoms with Gasteiger partial charge in [0.1, 0.15) is 0 Å². The van der Waals surface area contributed by atoms with Gasteiger partial charge in [0.05, 0.1) is 6.54 Å². The average Bonchev–Trinajstić information content (AvgIpc) is 2.63. The molecule has 0 saturated carbocycles. The molecular formula is C12H21N3O2. The number of piperazine rings is 1. The molecule has 5 heteroatoms. The fourth-order valence-corrected chi connectivity index (χ4v) is 2.66. The maximum Gasteiger partial charge on any atom is 0.242 e. The van der Waals surface area contributed by atoms with Crippen LogP contribution in [0, 0.1) is 0 Å². The quantitative estimate of drug-likeness (QED) is 0.727. The van der Waals surface area contributed by atoms with Crippen LogP contribution in [0.4, 0.5) is 0 Å². The van der Waals surface area contributed by atoms with Crippen molar-refractivity contribution in [1.29, 1.82) is 0 Å². The van der Waals surface area contributed by atoms with Gasteiger partial charge in [-0.1, -0.05) is 0 Å². The van der Waals surface area contributed by atoms with E-state index in [1.54, 1.807) is 4.90 Å². The van der Waals surface area contributed by atoms with Crippen LogP contribution in [0.15, 0.2) is 0 Å². The van der Waals surface area contributed by atoms with Crippen LogP contribution >= 0.6 is 0 Å². The second kappa shape index (κ2) is 5.04. The van der Waals surface area contributed by atoms with Crippen molar-refractivity contribution in [3.8, 4) is 0 Å². The minimum Gasteiger partial charge on any atom is -0.338 e. The second-order valence-corrected chi connectivity index (χ2v) is 5.19. The normalized spacial score (nSPS) is 29.9. The standard InChI is InChI=1S/C12H21N3O2/c1-9-6-15(7-10(2)13-9)12(17)8-14-5-3-4-11(14)16/h9-10,13H,3-8H2,1-2H3/t9-,10-/m1/s1. The lowest BCUT2D eigenvalue weighted by molar-refractivity contribution is -0.139. The molecule has 17 heavy (non-hydrogen) atoms. The molecule has 0 aromatic carbocycles. The third-order valence-electron chi connectivity index (χ3n) is 3.41. The Morgan fingerprint density at radius 1 is 1.35 bits per heavy atom. The van der Waals surface area contributed by atoms with Crippen LogP contribution in [0.25, 0.3) is 0 Å². The topological polar surface area (TPSA) is 52.7 Å². The van der Waals surface area contributed by atoms with E-state index in [1.165, 1.54) is 0 Å². The van der Waals surface area contributed by atoms with Crippen molar-refractivity contribution in [1.82, 2.24) is 15.1 Å². The van der Waals surface area contributed by atoms with E-state index in [1.807, 2.05) is 4.90 Å². The molecule has 0 aromatic heterocycles. The third kappa shape index (κ3) is 2.97. The smallest absolute Gasteiger partial charge is 0.242 e. The number of carbonyl (C=O) groups is 2. The van der Waals surface area contributed by atoms with Gasteiger partial charge in [-0.3, -0.25) is 9.59 Å². The third-order valence-corrected chi connectivity index (χ3v) is 3.41. The maximum absolute atomic E-state index is 12.1. The summed E-state index contributed by atoms with van der Waals surface area (Å²) in [4.78, 5) is 27.1. The van der Waals surface area contributed by atoms with E-state index < -0.39 is 0 Å². The van der Waals surface area contributed by atoms with Gasteiger partial charge in [0.15, 0.2) is 0 Å². The fourth-order valence-electron chi connectivity index (χ4n) is 2.66. The van der Waals surface area contributed by atoms with E-state index in [2.05, 4.69) is 19.2 Å². The molecule has 1 N–H and O–H groups in total. The molecule has 2 aliphatic rings. The lowest BCUT2D eigenvalue weighted by atomic mass is 10.1. The Kier molecular flexibility index (Phi) is 3.66. The summed E-state index contributed by atoms with van der Waals surface area (Å²) in [5.74, 6) is 0.204. The van der Waals surface area contributed by atoms with E-state index in [0.717, 1.165) is 26.1 Å². The Morgan fingerprint density at radius 3 is 2.53 bits per heavy atom. The minimum absolute atomic E-state index is 0.0837. The summed E-state index contributed by atoms with van der Waals surface area (Å²) >= 11 is 0. The van der Waals surface area contributed by atoms with Crippen molar-refractivity contribution in [3.05, 3.63) is 0 Å². The molecule has 96 valence electrons. The first-order chi connectivity index (χ1) is 8.06. The number of carbonyl (C=O) groups excluding carboxylic acids is 2. The molecule has 2 heterocycles. The largest absolute Gasteiger partial charge is 0.338 e. The van der Waals surface area contributed by atoms with Crippen molar-refractivity contribution in [2.24, 2.45) is 0 Å². The molecule has 2 atom stereocenters. The Balaban J connectivity index is 1.88. The molecule has 0 spiro atoms. The molecule has 2 aliphatic heterocycles. The van der Waals surface area contributed by atoms with Gasteiger partial charge in [-0.15, -0.1) is 0 Å². The zero-order valence-electron chi connectivity index (χ0n) is 10.6. The van der Waals surface area contributed by atoms with E-state index >= 15 is 0 Å². The van der Waals surface area contributed by atoms with Gasteiger partial charge in [-0.25, -0.2) is 0 Å². The molecule has 2 saturated heterocycles. The highest BCUT2D eigenvalue weighted by atomic mass is 16.2. The van der Waals surface area contributed by atoms with Gasteiger partial charge < -0.3 is 15.1 Å². The van der Waals surface area contributed by atoms with Crippen molar-refractivity contribution >= 4 is 11.8 Å². The predicted octanol–water partition coefficient (Wildman–Crippen LogP) is -0.182. The summed E-state index contributed by atoms with van der Waals surface area (Å²) in [5.41, 5.74) is 0. The highest BCUT2D eigenvalue weighted by Crippen LogP contribution is 2.11. The van der Waals surface area contributed by atoms with E-state index in [4.69, 9.17) is 0 Å². The van der Waals surface area contributed by atoms with Crippen LogP contribution in [0.1, 0.15) is 26.7 Å². The first kappa shape index (κ1) is 12.4. The first-order valence-corrected chi connectivity index (χ1v) is 6.38. The Bertz CT molecular complexity index is 309. The van der Waals surface area contributed by atoms with Gasteiger partial charge in [-0.05, 0) is 20.3 Å². The van der Waals surface area contributed by atoms with Crippen LogP contribution in [0.3, 0.4) is 0 Å². The van der Waals surface area contributed by atoms with Crippen LogP contribution in [-0.4, -0.2) is 59.9 Å². The number of amides is 2. The lowest BCUT2D eigenvalue weighted by Gasteiger charge is -2.36. The summed E-state index contributed by atoms with van der Waals surface area (Å²) < 4.78 is 0. The van der Waals surface area contributed by atoms with Crippen LogP contribution < -0.4 is 5.32 Å². The number of nitrogens with zero attached hydrogens (tertiary/aromatic N) is 2. The lowest BCUT2D eigenvalue weighted by Crippen LogP contribution is -2.57. The van der Waals surface area contributed by atoms with Crippen LogP contribution in [0.5, 0.6) is 0 Å². The summed E-state index contributed by atoms with van der Waals surface area (Å²) in [6.45, 7) is 6.64. The highest BCUT2D eigenvalue weighted by Gasteiger charge is 2.28. The summed E-state index contributed by atoms with van der Waals surface area (Å²) in [5, 5.41) is 3.39. The van der Waals surface area contributed by atoms with Gasteiger partial charge in [0.25, 0.3) is 0 Å². The van der Waals surface area contributed by atoms with E-state index in [-0.39, 0.29) is 18.4 Å². The van der Waals surface area contributed by atoms with Crippen molar-refractivity contribution in [2.45, 2.75) is 38.8 Å². The second-order valence-electron chi connectivity index (χ2n) is 5.19. The maximum atomic E-state index is 12.1. The van der Waals surface area contributed by atoms with Gasteiger partial charge in [0.2, 0.25) is 11.8 Å². The van der Waals surface area contributed by atoms with E-state index in [9.17, 15) is 9.59 Å². The minimum atomic E-state index is 0.0837. The van der Waals surface area contributed by atoms with Crippen molar-refractivity contribution in [3.63, 3.8) is 0 Å². The number of likely N-dealkylation sites (tertiary alicyclic amines) is 1.